The normalized spacial score (nSPS) is 47.6. The summed E-state index contributed by atoms with van der Waals surface area (Å²) in [5.41, 5.74) is 0.125. The topological polar surface area (TPSA) is 217 Å². The van der Waals surface area contributed by atoms with Crippen LogP contribution >= 0.6 is 11.8 Å². The number of hydrogen-bond acceptors (Lipinski definition) is 12. The molecule has 0 aromatic heterocycles. The number of aliphatic hydroxyl groups is 5. The lowest BCUT2D eigenvalue weighted by Gasteiger charge is -2.68. The van der Waals surface area contributed by atoms with Crippen LogP contribution in [0.4, 0.5) is 0 Å². The maximum atomic E-state index is 12.5. The Balaban J connectivity index is 1.35. The standard InChI is InChI=1S/C28H41NO11S/c1-25-10-18(31)23-16(28(25,38)7-5-15(25)19-2-3-21(33)40-19)4-6-26(37)9-14(8-20(32)27(23,26)13-30)39-22(34)12-41-11-17(29)24(35)36/h2-3,14-20,23,30-32,37-38H,4-13,29H2,1H3,(H,35,36). The number of aliphatic carboxylic acids is 1. The Morgan fingerprint density at radius 1 is 1.20 bits per heavy atom. The summed E-state index contributed by atoms with van der Waals surface area (Å²) in [6.45, 7) is 1.27. The highest BCUT2D eigenvalue weighted by Crippen LogP contribution is 2.70. The Labute approximate surface area is 242 Å². The van der Waals surface area contributed by atoms with Gasteiger partial charge in [-0.3, -0.25) is 9.59 Å². The zero-order valence-electron chi connectivity index (χ0n) is 23.1. The van der Waals surface area contributed by atoms with Crippen LogP contribution in [-0.4, -0.2) is 108 Å². The maximum absolute atomic E-state index is 12.5. The number of aliphatic hydroxyl groups excluding tert-OH is 3. The molecule has 1 aliphatic heterocycles. The van der Waals surface area contributed by atoms with Crippen LogP contribution in [0.15, 0.2) is 12.2 Å². The van der Waals surface area contributed by atoms with Crippen molar-refractivity contribution >= 4 is 29.7 Å². The van der Waals surface area contributed by atoms with Crippen LogP contribution in [0.1, 0.15) is 51.9 Å². The molecule has 0 spiro atoms. The van der Waals surface area contributed by atoms with E-state index < -0.39 is 88.8 Å². The molecule has 5 rings (SSSR count). The molecule has 230 valence electrons. The molecular weight excluding hydrogens is 558 g/mol. The van der Waals surface area contributed by atoms with E-state index in [9.17, 15) is 39.9 Å². The monoisotopic (exact) mass is 599 g/mol. The number of nitrogens with two attached hydrogens (primary N) is 1. The largest absolute Gasteiger partial charge is 0.480 e. The second kappa shape index (κ2) is 10.8. The van der Waals surface area contributed by atoms with Crippen LogP contribution in [0.25, 0.3) is 0 Å². The number of carboxylic acid groups (broad SMARTS) is 1. The van der Waals surface area contributed by atoms with Crippen LogP contribution in [0.3, 0.4) is 0 Å². The van der Waals surface area contributed by atoms with Gasteiger partial charge in [0, 0.05) is 41.9 Å². The molecule has 8 N–H and O–H groups in total. The fourth-order valence-electron chi connectivity index (χ4n) is 9.30. The Morgan fingerprint density at radius 2 is 1.90 bits per heavy atom. The maximum Gasteiger partial charge on any atom is 0.331 e. The molecule has 12 atom stereocenters. The highest BCUT2D eigenvalue weighted by molar-refractivity contribution is 8.00. The number of carbonyl (C=O) groups excluding carboxylic acids is 2. The van der Waals surface area contributed by atoms with Crippen molar-refractivity contribution in [1.82, 2.24) is 0 Å². The molecule has 4 fully saturated rings. The van der Waals surface area contributed by atoms with E-state index in [-0.39, 0.29) is 43.1 Å². The number of rotatable bonds is 8. The summed E-state index contributed by atoms with van der Waals surface area (Å²) in [5.74, 6) is -3.99. The van der Waals surface area contributed by atoms with Crippen LogP contribution < -0.4 is 5.73 Å². The van der Waals surface area contributed by atoms with Gasteiger partial charge < -0.3 is 45.8 Å². The zero-order valence-corrected chi connectivity index (χ0v) is 23.9. The van der Waals surface area contributed by atoms with E-state index in [0.29, 0.717) is 19.3 Å². The van der Waals surface area contributed by atoms with Gasteiger partial charge in [-0.15, -0.1) is 11.8 Å². The number of fused-ring (bicyclic) bond motifs is 5. The summed E-state index contributed by atoms with van der Waals surface area (Å²) in [4.78, 5) is 35.1. The molecule has 41 heavy (non-hydrogen) atoms. The molecule has 12 unspecified atom stereocenters. The lowest BCUT2D eigenvalue weighted by Crippen LogP contribution is -2.76. The van der Waals surface area contributed by atoms with Crippen molar-refractivity contribution in [2.75, 3.05) is 18.1 Å². The lowest BCUT2D eigenvalue weighted by atomic mass is 9.40. The number of carboxylic acids is 1. The summed E-state index contributed by atoms with van der Waals surface area (Å²) in [5, 5.41) is 67.4. The molecule has 4 aliphatic carbocycles. The Kier molecular flexibility index (Phi) is 8.06. The second-order valence-corrected chi connectivity index (χ2v) is 14.0. The summed E-state index contributed by atoms with van der Waals surface area (Å²) in [6.07, 6.45) is 0.661. The summed E-state index contributed by atoms with van der Waals surface area (Å²) < 4.78 is 11.0. The van der Waals surface area contributed by atoms with E-state index in [1.165, 1.54) is 6.08 Å². The molecule has 12 nitrogen and oxygen atoms in total. The summed E-state index contributed by atoms with van der Waals surface area (Å²) in [7, 11) is 0. The highest BCUT2D eigenvalue weighted by Gasteiger charge is 2.75. The molecular formula is C28H41NO11S. The van der Waals surface area contributed by atoms with Crippen molar-refractivity contribution in [1.29, 1.82) is 0 Å². The zero-order chi connectivity index (χ0) is 30.0. The van der Waals surface area contributed by atoms with Gasteiger partial charge in [-0.1, -0.05) is 6.92 Å². The SMILES string of the molecule is CC12CC(O)C3C(CCC4(O)CC(OC(=O)CSCC(N)C(=O)O)CC(O)C34CO)C1(O)CCC2C1C=CC(=O)O1. The van der Waals surface area contributed by atoms with Crippen molar-refractivity contribution in [3.8, 4) is 0 Å². The molecule has 5 aliphatic rings. The van der Waals surface area contributed by atoms with E-state index in [0.717, 1.165) is 11.8 Å². The van der Waals surface area contributed by atoms with Gasteiger partial charge in [0.25, 0.3) is 0 Å². The predicted molar refractivity (Wildman–Crippen MR) is 144 cm³/mol. The minimum absolute atomic E-state index is 0.0123. The quantitative estimate of drug-likeness (QED) is 0.172. The van der Waals surface area contributed by atoms with Crippen LogP contribution in [-0.2, 0) is 23.9 Å². The molecule has 1 heterocycles. The second-order valence-electron chi connectivity index (χ2n) is 12.9. The molecule has 0 aromatic rings. The molecule has 0 aromatic carbocycles. The minimum Gasteiger partial charge on any atom is -0.480 e. The molecule has 4 saturated carbocycles. The third-order valence-electron chi connectivity index (χ3n) is 11.2. The van der Waals surface area contributed by atoms with Gasteiger partial charge in [-0.25, -0.2) is 4.79 Å². The first-order chi connectivity index (χ1) is 19.2. The number of cyclic esters (lactones) is 1. The van der Waals surface area contributed by atoms with Gasteiger partial charge in [0.05, 0.1) is 41.2 Å². The van der Waals surface area contributed by atoms with Gasteiger partial charge in [0.15, 0.2) is 0 Å². The number of carbonyl (C=O) groups is 3. The first-order valence-electron chi connectivity index (χ1n) is 14.3. The Bertz CT molecular complexity index is 1100. The van der Waals surface area contributed by atoms with Crippen molar-refractivity contribution in [2.24, 2.45) is 34.3 Å². The first kappa shape index (κ1) is 30.7. The number of thioether (sulfide) groups is 1. The van der Waals surface area contributed by atoms with Crippen LogP contribution in [0, 0.1) is 28.6 Å². The van der Waals surface area contributed by atoms with Gasteiger partial charge in [-0.2, -0.15) is 0 Å². The van der Waals surface area contributed by atoms with Gasteiger partial charge >= 0.3 is 17.9 Å². The Hall–Kier alpha value is -1.74. The molecule has 0 bridgehead atoms. The molecule has 0 saturated heterocycles. The van der Waals surface area contributed by atoms with E-state index in [1.807, 2.05) is 6.92 Å². The third-order valence-corrected chi connectivity index (χ3v) is 12.2. The van der Waals surface area contributed by atoms with Crippen molar-refractivity contribution in [3.63, 3.8) is 0 Å². The average Bonchev–Trinajstić information content (AvgIpc) is 3.43. The fourth-order valence-corrected chi connectivity index (χ4v) is 10.1. The smallest absolute Gasteiger partial charge is 0.331 e. The first-order valence-corrected chi connectivity index (χ1v) is 15.4. The van der Waals surface area contributed by atoms with Gasteiger partial charge in [-0.05, 0) is 44.1 Å². The van der Waals surface area contributed by atoms with Gasteiger partial charge in [0.2, 0.25) is 0 Å². The summed E-state index contributed by atoms with van der Waals surface area (Å²) >= 11 is 1.01. The molecule has 0 amide bonds. The predicted octanol–water partition coefficient (Wildman–Crippen LogP) is -0.672. The fraction of sp³-hybridized carbons (Fsp3) is 0.821. The third kappa shape index (κ3) is 4.63. The summed E-state index contributed by atoms with van der Waals surface area (Å²) in [6, 6.07) is -1.12. The Morgan fingerprint density at radius 3 is 2.54 bits per heavy atom. The van der Waals surface area contributed by atoms with Crippen molar-refractivity contribution in [3.05, 3.63) is 12.2 Å². The highest BCUT2D eigenvalue weighted by atomic mass is 32.2. The number of ether oxygens (including phenoxy) is 2. The van der Waals surface area contributed by atoms with Crippen LogP contribution in [0.2, 0.25) is 0 Å². The van der Waals surface area contributed by atoms with Crippen molar-refractivity contribution < 1.29 is 54.5 Å². The lowest BCUT2D eigenvalue weighted by molar-refractivity contribution is -0.319. The number of hydrogen-bond donors (Lipinski definition) is 7. The molecule has 0 radical (unpaired) electrons. The van der Waals surface area contributed by atoms with Crippen LogP contribution in [0.5, 0.6) is 0 Å². The number of esters is 2. The molecule has 13 heteroatoms. The van der Waals surface area contributed by atoms with E-state index in [2.05, 4.69) is 0 Å². The average molecular weight is 600 g/mol. The van der Waals surface area contributed by atoms with E-state index >= 15 is 0 Å². The van der Waals surface area contributed by atoms with Crippen molar-refractivity contribution in [2.45, 2.75) is 93.5 Å². The minimum atomic E-state index is -1.68. The van der Waals surface area contributed by atoms with Gasteiger partial charge in [0.1, 0.15) is 18.2 Å². The van der Waals surface area contributed by atoms with E-state index in [1.54, 1.807) is 6.08 Å². The van der Waals surface area contributed by atoms with E-state index in [4.69, 9.17) is 20.3 Å².